The first-order chi connectivity index (χ1) is 9.81. The van der Waals surface area contributed by atoms with Gasteiger partial charge in [-0.15, -0.1) is 0 Å². The van der Waals surface area contributed by atoms with E-state index in [2.05, 4.69) is 20.3 Å². The van der Waals surface area contributed by atoms with Gasteiger partial charge in [0, 0.05) is 25.3 Å². The van der Waals surface area contributed by atoms with Gasteiger partial charge in [-0.2, -0.15) is 5.10 Å². The minimum absolute atomic E-state index is 0.0615. The maximum Gasteiger partial charge on any atom is 0.256 e. The molecule has 3 heterocycles. The molecule has 2 aromatic rings. The van der Waals surface area contributed by atoms with E-state index in [9.17, 15) is 4.79 Å². The average Bonchev–Trinajstić information content (AvgIpc) is 2.96. The molecule has 1 N–H and O–H groups in total. The molecule has 1 saturated carbocycles. The third-order valence-corrected chi connectivity index (χ3v) is 3.94. The molecule has 4 rings (SSSR count). The number of hydrogen-bond donors (Lipinski definition) is 1. The number of amides is 1. The number of aromatic nitrogens is 3. The van der Waals surface area contributed by atoms with Gasteiger partial charge in [-0.05, 0) is 31.7 Å². The van der Waals surface area contributed by atoms with Crippen LogP contribution < -0.4 is 10.2 Å². The molecule has 1 aliphatic heterocycles. The average molecular weight is 271 g/mol. The molecule has 2 aromatic heterocycles. The van der Waals surface area contributed by atoms with Crippen LogP contribution in [0.25, 0.3) is 5.65 Å². The van der Waals surface area contributed by atoms with Crippen molar-refractivity contribution in [2.75, 3.05) is 18.0 Å². The van der Waals surface area contributed by atoms with E-state index in [0.717, 1.165) is 31.7 Å². The Balaban J connectivity index is 1.69. The number of nitrogens with zero attached hydrogens (tertiary/aromatic N) is 4. The molecule has 0 bridgehead atoms. The number of rotatable bonds is 3. The van der Waals surface area contributed by atoms with E-state index in [1.807, 2.05) is 12.3 Å². The molecular formula is C14H17N5O. The van der Waals surface area contributed by atoms with Crippen molar-refractivity contribution in [3.8, 4) is 0 Å². The first kappa shape index (κ1) is 11.7. The summed E-state index contributed by atoms with van der Waals surface area (Å²) >= 11 is 0. The van der Waals surface area contributed by atoms with E-state index >= 15 is 0 Å². The zero-order chi connectivity index (χ0) is 13.5. The number of anilines is 1. The van der Waals surface area contributed by atoms with Crippen LogP contribution in [0.3, 0.4) is 0 Å². The van der Waals surface area contributed by atoms with E-state index in [1.165, 1.54) is 12.8 Å². The lowest BCUT2D eigenvalue weighted by Crippen LogP contribution is -2.25. The molecule has 0 aromatic carbocycles. The van der Waals surface area contributed by atoms with Crippen molar-refractivity contribution in [1.29, 1.82) is 0 Å². The smallest absolute Gasteiger partial charge is 0.256 e. The summed E-state index contributed by atoms with van der Waals surface area (Å²) in [4.78, 5) is 19.1. The van der Waals surface area contributed by atoms with Crippen molar-refractivity contribution < 1.29 is 4.79 Å². The van der Waals surface area contributed by atoms with Gasteiger partial charge in [0.25, 0.3) is 5.91 Å². The van der Waals surface area contributed by atoms with Crippen LogP contribution in [-0.2, 0) is 0 Å². The Morgan fingerprint density at radius 3 is 2.85 bits per heavy atom. The Morgan fingerprint density at radius 1 is 1.30 bits per heavy atom. The van der Waals surface area contributed by atoms with Gasteiger partial charge < -0.3 is 10.2 Å². The third-order valence-electron chi connectivity index (χ3n) is 3.94. The van der Waals surface area contributed by atoms with Crippen LogP contribution in [0.2, 0.25) is 0 Å². The predicted octanol–water partition coefficient (Wildman–Crippen LogP) is 1.22. The lowest BCUT2D eigenvalue weighted by atomic mass is 10.3. The normalized spacial score (nSPS) is 18.7. The Labute approximate surface area is 116 Å². The summed E-state index contributed by atoms with van der Waals surface area (Å²) in [6, 6.07) is 2.31. The van der Waals surface area contributed by atoms with Crippen LogP contribution in [0.5, 0.6) is 0 Å². The molecule has 1 amide bonds. The summed E-state index contributed by atoms with van der Waals surface area (Å²) in [5, 5.41) is 7.20. The van der Waals surface area contributed by atoms with E-state index < -0.39 is 0 Å². The predicted molar refractivity (Wildman–Crippen MR) is 74.9 cm³/mol. The van der Waals surface area contributed by atoms with Gasteiger partial charge >= 0.3 is 0 Å². The number of fused-ring (bicyclic) bond motifs is 1. The highest BCUT2D eigenvalue weighted by molar-refractivity contribution is 6.00. The largest absolute Gasteiger partial charge is 0.357 e. The van der Waals surface area contributed by atoms with E-state index in [4.69, 9.17) is 0 Å². The Hall–Kier alpha value is -2.11. The molecule has 2 fully saturated rings. The monoisotopic (exact) mass is 271 g/mol. The summed E-state index contributed by atoms with van der Waals surface area (Å²) in [6.07, 6.45) is 8.06. The van der Waals surface area contributed by atoms with Gasteiger partial charge in [-0.3, -0.25) is 4.79 Å². The fourth-order valence-electron chi connectivity index (χ4n) is 2.63. The molecule has 1 aliphatic carbocycles. The van der Waals surface area contributed by atoms with Gasteiger partial charge in [0.2, 0.25) is 0 Å². The highest BCUT2D eigenvalue weighted by atomic mass is 16.1. The molecule has 0 atom stereocenters. The fourth-order valence-corrected chi connectivity index (χ4v) is 2.63. The van der Waals surface area contributed by atoms with E-state index in [0.29, 0.717) is 17.3 Å². The Bertz CT molecular complexity index is 655. The highest BCUT2D eigenvalue weighted by Gasteiger charge is 2.26. The fraction of sp³-hybridized carbons (Fsp3) is 0.500. The van der Waals surface area contributed by atoms with Crippen LogP contribution in [0.15, 0.2) is 18.5 Å². The minimum Gasteiger partial charge on any atom is -0.357 e. The second kappa shape index (κ2) is 4.47. The van der Waals surface area contributed by atoms with Crippen LogP contribution >= 0.6 is 0 Å². The van der Waals surface area contributed by atoms with Crippen molar-refractivity contribution in [3.63, 3.8) is 0 Å². The summed E-state index contributed by atoms with van der Waals surface area (Å²) < 4.78 is 1.67. The first-order valence-electron chi connectivity index (χ1n) is 7.21. The summed E-state index contributed by atoms with van der Waals surface area (Å²) in [5.74, 6) is 0.879. The van der Waals surface area contributed by atoms with Crippen molar-refractivity contribution in [3.05, 3.63) is 24.0 Å². The Morgan fingerprint density at radius 2 is 2.10 bits per heavy atom. The minimum atomic E-state index is -0.0615. The standard InChI is InChI=1S/C14H17N5O/c20-14(16-10-3-4-10)11-9-15-19-8-5-12(17-13(11)19)18-6-1-2-7-18/h5,8-10H,1-4,6-7H2,(H,16,20). The third kappa shape index (κ3) is 2.01. The molecule has 0 spiro atoms. The zero-order valence-corrected chi connectivity index (χ0v) is 11.2. The second-order valence-electron chi connectivity index (χ2n) is 5.55. The van der Waals surface area contributed by atoms with Crippen molar-refractivity contribution in [1.82, 2.24) is 19.9 Å². The molecule has 20 heavy (non-hydrogen) atoms. The van der Waals surface area contributed by atoms with Crippen LogP contribution in [0, 0.1) is 0 Å². The van der Waals surface area contributed by atoms with Crippen molar-refractivity contribution in [2.45, 2.75) is 31.7 Å². The lowest BCUT2D eigenvalue weighted by Gasteiger charge is -2.16. The number of hydrogen-bond acceptors (Lipinski definition) is 4. The molecule has 6 nitrogen and oxygen atoms in total. The number of carbonyl (C=O) groups is 1. The quantitative estimate of drug-likeness (QED) is 0.912. The molecule has 104 valence electrons. The number of nitrogens with one attached hydrogen (secondary N) is 1. The van der Waals surface area contributed by atoms with Gasteiger partial charge in [0.1, 0.15) is 11.4 Å². The van der Waals surface area contributed by atoms with Gasteiger partial charge in [-0.25, -0.2) is 9.50 Å². The summed E-state index contributed by atoms with van der Waals surface area (Å²) in [6.45, 7) is 2.09. The lowest BCUT2D eigenvalue weighted by molar-refractivity contribution is 0.0952. The van der Waals surface area contributed by atoms with E-state index in [-0.39, 0.29) is 5.91 Å². The summed E-state index contributed by atoms with van der Waals surface area (Å²) in [5.41, 5.74) is 1.21. The Kier molecular flexibility index (Phi) is 2.61. The molecule has 0 unspecified atom stereocenters. The van der Waals surface area contributed by atoms with Crippen molar-refractivity contribution in [2.24, 2.45) is 0 Å². The van der Waals surface area contributed by atoms with Gasteiger partial charge in [-0.1, -0.05) is 0 Å². The molecule has 2 aliphatic rings. The molecule has 0 radical (unpaired) electrons. The second-order valence-corrected chi connectivity index (χ2v) is 5.55. The van der Waals surface area contributed by atoms with Crippen LogP contribution in [0.4, 0.5) is 5.82 Å². The van der Waals surface area contributed by atoms with Crippen LogP contribution in [0.1, 0.15) is 36.0 Å². The molecular weight excluding hydrogens is 254 g/mol. The summed E-state index contributed by atoms with van der Waals surface area (Å²) in [7, 11) is 0. The van der Waals surface area contributed by atoms with E-state index in [1.54, 1.807) is 10.7 Å². The maximum atomic E-state index is 12.2. The zero-order valence-electron chi connectivity index (χ0n) is 11.2. The van der Waals surface area contributed by atoms with Crippen molar-refractivity contribution >= 4 is 17.4 Å². The maximum absolute atomic E-state index is 12.2. The topological polar surface area (TPSA) is 62.5 Å². The molecule has 1 saturated heterocycles. The SMILES string of the molecule is O=C(NC1CC1)c1cnn2ccc(N3CCCC3)nc12. The first-order valence-corrected chi connectivity index (χ1v) is 7.21. The van der Waals surface area contributed by atoms with Gasteiger partial charge in [0.05, 0.1) is 6.20 Å². The highest BCUT2D eigenvalue weighted by Crippen LogP contribution is 2.22. The molecule has 6 heteroatoms. The number of carbonyl (C=O) groups excluding carboxylic acids is 1. The van der Waals surface area contributed by atoms with Crippen LogP contribution in [-0.4, -0.2) is 39.6 Å². The van der Waals surface area contributed by atoms with Gasteiger partial charge in [0.15, 0.2) is 5.65 Å².